The fourth-order valence-corrected chi connectivity index (χ4v) is 4.61. The number of rotatable bonds is 5. The number of sulfonamides is 1. The third kappa shape index (κ3) is 3.23. The third-order valence-corrected chi connectivity index (χ3v) is 6.07. The Kier molecular flexibility index (Phi) is 4.06. The Morgan fingerprint density at radius 2 is 1.93 bits per heavy atom. The molecule has 0 radical (unpaired) electrons. The first kappa shape index (κ1) is 17.7. The van der Waals surface area contributed by atoms with E-state index >= 15 is 0 Å². The molecule has 3 aromatic rings. The molecular weight excluding hydrogens is 371 g/mol. The molecule has 0 spiro atoms. The minimum atomic E-state index is -4.09. The summed E-state index contributed by atoms with van der Waals surface area (Å²) in [5.41, 5.74) is 1.94. The molecule has 142 valence electrons. The SMILES string of the molecule is Cc1ccc(F)c(NS(=O)(=O)c2c(C)[nH]c(C)c2-c2nnc(C3CC3)o2)c1. The Morgan fingerprint density at radius 3 is 2.63 bits per heavy atom. The molecule has 1 aliphatic rings. The minimum Gasteiger partial charge on any atom is -0.420 e. The average molecular weight is 390 g/mol. The molecule has 2 N–H and O–H groups in total. The van der Waals surface area contributed by atoms with Gasteiger partial charge in [0.25, 0.3) is 15.9 Å². The maximum Gasteiger partial charge on any atom is 0.264 e. The van der Waals surface area contributed by atoms with Crippen molar-refractivity contribution in [2.24, 2.45) is 0 Å². The summed E-state index contributed by atoms with van der Waals surface area (Å²) in [6.07, 6.45) is 1.98. The van der Waals surface area contributed by atoms with Crippen molar-refractivity contribution in [3.05, 3.63) is 46.9 Å². The third-order valence-electron chi connectivity index (χ3n) is 4.53. The second-order valence-corrected chi connectivity index (χ2v) is 8.51. The molecule has 9 heteroatoms. The standard InChI is InChI=1S/C18H19FN4O3S/c1-9-4-7-13(19)14(8-9)23-27(24,25)16-11(3)20-10(2)15(16)18-22-21-17(26-18)12-5-6-12/h4,7-8,12,20,23H,5-6H2,1-3H3. The van der Waals surface area contributed by atoms with E-state index in [1.54, 1.807) is 26.8 Å². The van der Waals surface area contributed by atoms with Gasteiger partial charge < -0.3 is 9.40 Å². The highest BCUT2D eigenvalue weighted by atomic mass is 32.2. The van der Waals surface area contributed by atoms with Gasteiger partial charge in [0.05, 0.1) is 11.3 Å². The number of benzene rings is 1. The highest BCUT2D eigenvalue weighted by Gasteiger charge is 2.33. The van der Waals surface area contributed by atoms with Gasteiger partial charge in [0.15, 0.2) is 0 Å². The normalized spacial score (nSPS) is 14.5. The Bertz CT molecular complexity index is 1130. The zero-order valence-corrected chi connectivity index (χ0v) is 15.9. The summed E-state index contributed by atoms with van der Waals surface area (Å²) in [4.78, 5) is 2.98. The smallest absolute Gasteiger partial charge is 0.264 e. The average Bonchev–Trinajstić information content (AvgIpc) is 3.24. The van der Waals surface area contributed by atoms with Crippen LogP contribution < -0.4 is 4.72 Å². The van der Waals surface area contributed by atoms with Crippen LogP contribution in [-0.4, -0.2) is 23.6 Å². The van der Waals surface area contributed by atoms with Gasteiger partial charge in [0, 0.05) is 17.3 Å². The summed E-state index contributed by atoms with van der Waals surface area (Å²) in [6, 6.07) is 4.24. The Hall–Kier alpha value is -2.68. The van der Waals surface area contributed by atoms with Crippen LogP contribution in [0.4, 0.5) is 10.1 Å². The van der Waals surface area contributed by atoms with Gasteiger partial charge in [-0.1, -0.05) is 6.07 Å². The molecule has 0 aliphatic heterocycles. The highest BCUT2D eigenvalue weighted by molar-refractivity contribution is 7.93. The number of nitrogens with zero attached hydrogens (tertiary/aromatic N) is 2. The number of halogens is 1. The van der Waals surface area contributed by atoms with Crippen LogP contribution in [0.15, 0.2) is 27.5 Å². The topological polar surface area (TPSA) is 101 Å². The van der Waals surface area contributed by atoms with Crippen LogP contribution in [0.5, 0.6) is 0 Å². The van der Waals surface area contributed by atoms with E-state index in [1.807, 2.05) is 0 Å². The first-order valence-corrected chi connectivity index (χ1v) is 10.1. The number of anilines is 1. The van der Waals surface area contributed by atoms with E-state index in [2.05, 4.69) is 19.9 Å². The Morgan fingerprint density at radius 1 is 1.19 bits per heavy atom. The quantitative estimate of drug-likeness (QED) is 0.690. The molecule has 0 bridgehead atoms. The molecule has 1 fully saturated rings. The number of nitrogens with one attached hydrogen (secondary N) is 2. The van der Waals surface area contributed by atoms with Crippen LogP contribution in [0.2, 0.25) is 0 Å². The van der Waals surface area contributed by atoms with E-state index in [0.717, 1.165) is 18.4 Å². The first-order valence-electron chi connectivity index (χ1n) is 8.58. The second-order valence-electron chi connectivity index (χ2n) is 6.89. The van der Waals surface area contributed by atoms with Crippen molar-refractivity contribution < 1.29 is 17.2 Å². The molecule has 2 heterocycles. The molecule has 0 amide bonds. The lowest BCUT2D eigenvalue weighted by molar-refractivity contribution is 0.507. The predicted octanol–water partition coefficient (Wildman–Crippen LogP) is 3.81. The fraction of sp³-hybridized carbons (Fsp3) is 0.333. The summed E-state index contributed by atoms with van der Waals surface area (Å²) < 4.78 is 48.2. The summed E-state index contributed by atoms with van der Waals surface area (Å²) in [7, 11) is -4.09. The summed E-state index contributed by atoms with van der Waals surface area (Å²) in [5.74, 6) is 0.267. The van der Waals surface area contributed by atoms with Crippen molar-refractivity contribution in [3.63, 3.8) is 0 Å². The summed E-state index contributed by atoms with van der Waals surface area (Å²) >= 11 is 0. The van der Waals surface area contributed by atoms with Crippen molar-refractivity contribution in [3.8, 4) is 11.5 Å². The summed E-state index contributed by atoms with van der Waals surface area (Å²) in [6.45, 7) is 5.12. The van der Waals surface area contributed by atoms with Gasteiger partial charge in [-0.25, -0.2) is 12.8 Å². The number of hydrogen-bond donors (Lipinski definition) is 2. The van der Waals surface area contributed by atoms with Crippen molar-refractivity contribution in [2.45, 2.75) is 44.4 Å². The molecule has 27 heavy (non-hydrogen) atoms. The Balaban J connectivity index is 1.79. The largest absolute Gasteiger partial charge is 0.420 e. The maximum atomic E-state index is 14.1. The van der Waals surface area contributed by atoms with Crippen LogP contribution in [0.3, 0.4) is 0 Å². The summed E-state index contributed by atoms with van der Waals surface area (Å²) in [5, 5.41) is 8.06. The van der Waals surface area contributed by atoms with Crippen molar-refractivity contribution in [1.29, 1.82) is 0 Å². The predicted molar refractivity (Wildman–Crippen MR) is 97.5 cm³/mol. The van der Waals surface area contributed by atoms with E-state index in [0.29, 0.717) is 22.8 Å². The van der Waals surface area contributed by atoms with E-state index < -0.39 is 15.8 Å². The molecular formula is C18H19FN4O3S. The molecule has 0 atom stereocenters. The van der Waals surface area contributed by atoms with Gasteiger partial charge in [0.2, 0.25) is 5.89 Å². The molecule has 0 unspecified atom stereocenters. The van der Waals surface area contributed by atoms with Crippen molar-refractivity contribution in [1.82, 2.24) is 15.2 Å². The molecule has 1 aliphatic carbocycles. The lowest BCUT2D eigenvalue weighted by Gasteiger charge is -2.10. The van der Waals surface area contributed by atoms with Crippen LogP contribution in [-0.2, 0) is 10.0 Å². The van der Waals surface area contributed by atoms with Gasteiger partial charge >= 0.3 is 0 Å². The van der Waals surface area contributed by atoms with E-state index in [-0.39, 0.29) is 22.4 Å². The number of aryl methyl sites for hydroxylation is 3. The molecule has 1 saturated carbocycles. The van der Waals surface area contributed by atoms with Gasteiger partial charge in [-0.05, 0) is 51.3 Å². The number of aromatic nitrogens is 3. The van der Waals surface area contributed by atoms with Crippen molar-refractivity contribution in [2.75, 3.05) is 4.72 Å². The zero-order valence-electron chi connectivity index (χ0n) is 15.1. The number of H-pyrrole nitrogens is 1. The molecule has 1 aromatic carbocycles. The van der Waals surface area contributed by atoms with Crippen LogP contribution in [0.1, 0.15) is 41.6 Å². The van der Waals surface area contributed by atoms with Gasteiger partial charge in [-0.3, -0.25) is 4.72 Å². The number of aromatic amines is 1. The lowest BCUT2D eigenvalue weighted by atomic mass is 10.2. The van der Waals surface area contributed by atoms with Crippen molar-refractivity contribution >= 4 is 15.7 Å². The lowest BCUT2D eigenvalue weighted by Crippen LogP contribution is -2.15. The van der Waals surface area contributed by atoms with Crippen LogP contribution in [0, 0.1) is 26.6 Å². The van der Waals surface area contributed by atoms with Gasteiger partial charge in [-0.15, -0.1) is 10.2 Å². The fourth-order valence-electron chi connectivity index (χ4n) is 3.10. The maximum absolute atomic E-state index is 14.1. The first-order chi connectivity index (χ1) is 12.8. The van der Waals surface area contributed by atoms with Crippen LogP contribution in [0.25, 0.3) is 11.5 Å². The van der Waals surface area contributed by atoms with E-state index in [4.69, 9.17) is 4.42 Å². The number of hydrogen-bond acceptors (Lipinski definition) is 5. The Labute approximate surface area is 156 Å². The van der Waals surface area contributed by atoms with E-state index in [9.17, 15) is 12.8 Å². The van der Waals surface area contributed by atoms with Crippen LogP contribution >= 0.6 is 0 Å². The molecule has 7 nitrogen and oxygen atoms in total. The molecule has 2 aromatic heterocycles. The van der Waals surface area contributed by atoms with Gasteiger partial charge in [0.1, 0.15) is 10.7 Å². The zero-order chi connectivity index (χ0) is 19.3. The highest BCUT2D eigenvalue weighted by Crippen LogP contribution is 2.41. The van der Waals surface area contributed by atoms with Gasteiger partial charge in [-0.2, -0.15) is 0 Å². The minimum absolute atomic E-state index is 0.0214. The molecule has 4 rings (SSSR count). The molecule has 0 saturated heterocycles. The van der Waals surface area contributed by atoms with E-state index in [1.165, 1.54) is 12.1 Å². The second kappa shape index (κ2) is 6.19. The monoisotopic (exact) mass is 390 g/mol.